The zero-order valence-electron chi connectivity index (χ0n) is 15.4. The number of halogens is 1. The maximum absolute atomic E-state index is 13.0. The van der Waals surface area contributed by atoms with Crippen LogP contribution in [-0.4, -0.2) is 36.2 Å². The van der Waals surface area contributed by atoms with E-state index in [9.17, 15) is 9.50 Å². The minimum Gasteiger partial charge on any atom is -0.388 e. The Morgan fingerprint density at radius 2 is 1.96 bits per heavy atom. The Balaban J connectivity index is 1.46. The van der Waals surface area contributed by atoms with E-state index in [4.69, 9.17) is 4.74 Å². The smallest absolute Gasteiger partial charge is 0.123 e. The van der Waals surface area contributed by atoms with Crippen LogP contribution in [-0.2, 0) is 10.3 Å². The fourth-order valence-electron chi connectivity index (χ4n) is 3.77. The summed E-state index contributed by atoms with van der Waals surface area (Å²) >= 11 is 1.79. The number of benzene rings is 1. The van der Waals surface area contributed by atoms with E-state index in [1.54, 1.807) is 23.5 Å². The van der Waals surface area contributed by atoms with Crippen LogP contribution >= 0.6 is 11.3 Å². The summed E-state index contributed by atoms with van der Waals surface area (Å²) in [6.45, 7) is 5.82. The molecule has 1 aromatic heterocycles. The largest absolute Gasteiger partial charge is 0.388 e. The van der Waals surface area contributed by atoms with Crippen LogP contribution in [0.3, 0.4) is 0 Å². The first-order valence-corrected chi connectivity index (χ1v) is 10.3. The fourth-order valence-corrected chi connectivity index (χ4v) is 4.71. The van der Waals surface area contributed by atoms with Gasteiger partial charge < -0.3 is 14.7 Å². The number of aliphatic hydroxyl groups excluding tert-OH is 1. The van der Waals surface area contributed by atoms with E-state index in [2.05, 4.69) is 29.3 Å². The van der Waals surface area contributed by atoms with Crippen LogP contribution in [0.1, 0.15) is 49.2 Å². The number of thiophene rings is 1. The highest BCUT2D eigenvalue weighted by Crippen LogP contribution is 2.39. The molecule has 1 saturated heterocycles. The first kappa shape index (κ1) is 19.5. The number of hydrogen-bond donors (Lipinski definition) is 1. The van der Waals surface area contributed by atoms with Crippen molar-refractivity contribution in [2.45, 2.75) is 44.3 Å². The number of hydrogen-bond acceptors (Lipinski definition) is 4. The third kappa shape index (κ3) is 4.71. The Hall–Kier alpha value is -1.27. The number of aliphatic hydroxyl groups is 1. The van der Waals surface area contributed by atoms with Gasteiger partial charge in [-0.2, -0.15) is 0 Å². The molecule has 1 aromatic carbocycles. The van der Waals surface area contributed by atoms with Gasteiger partial charge in [-0.1, -0.05) is 18.2 Å². The second-order valence-electron chi connectivity index (χ2n) is 6.96. The van der Waals surface area contributed by atoms with Crippen LogP contribution in [0.15, 0.2) is 41.8 Å². The molecule has 1 unspecified atom stereocenters. The third-order valence-electron chi connectivity index (χ3n) is 5.26. The van der Waals surface area contributed by atoms with Gasteiger partial charge in [-0.25, -0.2) is 4.39 Å². The number of likely N-dealkylation sites (tertiary alicyclic amines) is 1. The van der Waals surface area contributed by atoms with Crippen molar-refractivity contribution in [2.24, 2.45) is 0 Å². The average Bonchev–Trinajstić information content (AvgIpc) is 3.19. The summed E-state index contributed by atoms with van der Waals surface area (Å²) in [5, 5.41) is 12.4. The van der Waals surface area contributed by atoms with Crippen molar-refractivity contribution in [1.82, 2.24) is 4.90 Å². The second kappa shape index (κ2) is 9.09. The summed E-state index contributed by atoms with van der Waals surface area (Å²) in [4.78, 5) is 3.80. The van der Waals surface area contributed by atoms with Crippen LogP contribution in [0.25, 0.3) is 0 Å². The monoisotopic (exact) mass is 377 g/mol. The van der Waals surface area contributed by atoms with Gasteiger partial charge in [0.1, 0.15) is 11.4 Å². The van der Waals surface area contributed by atoms with Gasteiger partial charge in [0.15, 0.2) is 0 Å². The standard InChI is InChI=1S/C21H28FNO2S/c1-2-25-21(20-6-4-16-26-20)11-14-23(15-12-21)13-3-5-19(24)17-7-9-18(22)10-8-17/h4,6-10,16,19,24H,2-3,5,11-15H2,1H3. The Labute approximate surface area is 159 Å². The molecule has 0 aliphatic carbocycles. The number of nitrogens with zero attached hydrogens (tertiary/aromatic N) is 1. The first-order chi connectivity index (χ1) is 12.6. The Morgan fingerprint density at radius 3 is 2.58 bits per heavy atom. The minimum atomic E-state index is -0.519. The van der Waals surface area contributed by atoms with Crippen LogP contribution in [0, 0.1) is 5.82 Å². The molecule has 142 valence electrons. The Morgan fingerprint density at radius 1 is 1.23 bits per heavy atom. The van der Waals surface area contributed by atoms with Gasteiger partial charge in [-0.05, 0) is 68.3 Å². The van der Waals surface area contributed by atoms with Crippen LogP contribution in [0.4, 0.5) is 4.39 Å². The van der Waals surface area contributed by atoms with Crippen LogP contribution in [0.5, 0.6) is 0 Å². The van der Waals surface area contributed by atoms with Gasteiger partial charge in [0.2, 0.25) is 0 Å². The van der Waals surface area contributed by atoms with Crippen LogP contribution < -0.4 is 0 Å². The number of piperidine rings is 1. The summed E-state index contributed by atoms with van der Waals surface area (Å²) in [6.07, 6.45) is 3.14. The summed E-state index contributed by atoms with van der Waals surface area (Å²) in [5.41, 5.74) is 0.672. The summed E-state index contributed by atoms with van der Waals surface area (Å²) in [5.74, 6) is -0.266. The average molecular weight is 378 g/mol. The molecule has 1 atom stereocenters. The van der Waals surface area contributed by atoms with Crippen molar-refractivity contribution in [2.75, 3.05) is 26.2 Å². The molecule has 0 bridgehead atoms. The SMILES string of the molecule is CCOC1(c2cccs2)CCN(CCCC(O)c2ccc(F)cc2)CC1. The summed E-state index contributed by atoms with van der Waals surface area (Å²) < 4.78 is 19.2. The molecule has 3 nitrogen and oxygen atoms in total. The highest BCUT2D eigenvalue weighted by molar-refractivity contribution is 7.10. The van der Waals surface area contributed by atoms with Gasteiger partial charge in [0, 0.05) is 24.6 Å². The molecule has 0 radical (unpaired) electrons. The quantitative estimate of drug-likeness (QED) is 0.722. The Bertz CT molecular complexity index is 651. The van der Waals surface area contributed by atoms with Crippen molar-refractivity contribution in [3.05, 3.63) is 58.0 Å². The zero-order chi connectivity index (χ0) is 18.4. The minimum absolute atomic E-state index is 0.118. The molecule has 5 heteroatoms. The molecule has 2 aromatic rings. The summed E-state index contributed by atoms with van der Waals surface area (Å²) in [7, 11) is 0. The molecule has 0 saturated carbocycles. The van der Waals surface area contributed by atoms with Crippen molar-refractivity contribution in [3.8, 4) is 0 Å². The van der Waals surface area contributed by atoms with E-state index in [1.165, 1.54) is 17.0 Å². The highest BCUT2D eigenvalue weighted by atomic mass is 32.1. The molecule has 2 heterocycles. The fraction of sp³-hybridized carbons (Fsp3) is 0.524. The van der Waals surface area contributed by atoms with Crippen molar-refractivity contribution in [3.63, 3.8) is 0 Å². The molecule has 26 heavy (non-hydrogen) atoms. The van der Waals surface area contributed by atoms with Crippen molar-refractivity contribution in [1.29, 1.82) is 0 Å². The maximum Gasteiger partial charge on any atom is 0.123 e. The Kier molecular flexibility index (Phi) is 6.81. The molecule has 1 aliphatic rings. The molecule has 1 aliphatic heterocycles. The topological polar surface area (TPSA) is 32.7 Å². The van der Waals surface area contributed by atoms with Crippen molar-refractivity contribution < 1.29 is 14.2 Å². The lowest BCUT2D eigenvalue weighted by atomic mass is 9.89. The predicted octanol–water partition coefficient (Wildman–Crippen LogP) is 4.73. The van der Waals surface area contributed by atoms with Gasteiger partial charge in [-0.15, -0.1) is 11.3 Å². The van der Waals surface area contributed by atoms with E-state index >= 15 is 0 Å². The van der Waals surface area contributed by atoms with E-state index in [1.807, 2.05) is 0 Å². The van der Waals surface area contributed by atoms with E-state index in [-0.39, 0.29) is 11.4 Å². The van der Waals surface area contributed by atoms with E-state index in [0.717, 1.165) is 51.1 Å². The molecule has 1 N–H and O–H groups in total. The number of rotatable bonds is 8. The van der Waals surface area contributed by atoms with Crippen LogP contribution in [0.2, 0.25) is 0 Å². The molecule has 1 fully saturated rings. The predicted molar refractivity (Wildman–Crippen MR) is 104 cm³/mol. The van der Waals surface area contributed by atoms with Gasteiger partial charge in [0.25, 0.3) is 0 Å². The normalized spacial score (nSPS) is 18.7. The molecule has 0 amide bonds. The molecule has 0 spiro atoms. The van der Waals surface area contributed by atoms with E-state index < -0.39 is 6.10 Å². The highest BCUT2D eigenvalue weighted by Gasteiger charge is 2.37. The molecular weight excluding hydrogens is 349 g/mol. The number of ether oxygens (including phenoxy) is 1. The lowest BCUT2D eigenvalue weighted by molar-refractivity contribution is -0.0827. The summed E-state index contributed by atoms with van der Waals surface area (Å²) in [6, 6.07) is 10.4. The van der Waals surface area contributed by atoms with Gasteiger partial charge >= 0.3 is 0 Å². The third-order valence-corrected chi connectivity index (χ3v) is 6.32. The molecular formula is C21H28FNO2S. The van der Waals surface area contributed by atoms with Gasteiger partial charge in [-0.3, -0.25) is 0 Å². The zero-order valence-corrected chi connectivity index (χ0v) is 16.2. The van der Waals surface area contributed by atoms with E-state index in [0.29, 0.717) is 6.42 Å². The second-order valence-corrected chi connectivity index (χ2v) is 7.90. The lowest BCUT2D eigenvalue weighted by Gasteiger charge is -2.41. The van der Waals surface area contributed by atoms with Gasteiger partial charge in [0.05, 0.1) is 6.10 Å². The first-order valence-electron chi connectivity index (χ1n) is 9.47. The maximum atomic E-state index is 13.0. The lowest BCUT2D eigenvalue weighted by Crippen LogP contribution is -2.44. The van der Waals surface area contributed by atoms with Crippen molar-refractivity contribution >= 4 is 11.3 Å². The molecule has 3 rings (SSSR count).